The van der Waals surface area contributed by atoms with Gasteiger partial charge in [0.1, 0.15) is 17.3 Å². The quantitative estimate of drug-likeness (QED) is 0.798. The summed E-state index contributed by atoms with van der Waals surface area (Å²) in [4.78, 5) is 10.9. The molecule has 1 aromatic carbocycles. The number of rotatable bonds is 5. The predicted octanol–water partition coefficient (Wildman–Crippen LogP) is 1.29. The van der Waals surface area contributed by atoms with E-state index in [0.717, 1.165) is 0 Å². The second-order valence-corrected chi connectivity index (χ2v) is 3.20. The fourth-order valence-electron chi connectivity index (χ4n) is 1.23. The number of Topliss-reactive ketones (excluding diaryl/α,β-unsaturated/α-hetero) is 1. The molecule has 2 N–H and O–H groups in total. The van der Waals surface area contributed by atoms with Crippen molar-refractivity contribution in [1.29, 1.82) is 0 Å². The number of carbonyl (C=O) groups excluding carboxylic acids is 1. The number of hydrogen-bond donors (Lipinski definition) is 1. The molecule has 3 nitrogen and oxygen atoms in total. The van der Waals surface area contributed by atoms with Gasteiger partial charge >= 0.3 is 0 Å². The van der Waals surface area contributed by atoms with Crippen molar-refractivity contribution in [2.24, 2.45) is 5.73 Å². The maximum absolute atomic E-state index is 13.4. The van der Waals surface area contributed by atoms with E-state index < -0.39 is 0 Å². The topological polar surface area (TPSA) is 52.3 Å². The highest BCUT2D eigenvalue weighted by Crippen LogP contribution is 2.17. The lowest BCUT2D eigenvalue weighted by Gasteiger charge is -2.04. The molecule has 82 valence electrons. The lowest BCUT2D eigenvalue weighted by Crippen LogP contribution is -2.14. The van der Waals surface area contributed by atoms with Gasteiger partial charge in [0.25, 0.3) is 0 Å². The molecule has 0 heterocycles. The third-order valence-electron chi connectivity index (χ3n) is 2.16. The molecule has 0 saturated carbocycles. The minimum Gasteiger partial charge on any atom is -0.497 e. The van der Waals surface area contributed by atoms with Gasteiger partial charge in [-0.2, -0.15) is 0 Å². The number of ether oxygens (including phenoxy) is 1. The zero-order chi connectivity index (χ0) is 11.3. The van der Waals surface area contributed by atoms with Crippen LogP contribution in [0.4, 0.5) is 4.39 Å². The van der Waals surface area contributed by atoms with Crippen LogP contribution in [0, 0.1) is 5.82 Å². The smallest absolute Gasteiger partial charge is 0.146 e. The minimum absolute atomic E-state index is 0.0117. The Labute approximate surface area is 88.0 Å². The van der Waals surface area contributed by atoms with Crippen LogP contribution in [-0.2, 0) is 11.2 Å². The van der Waals surface area contributed by atoms with Gasteiger partial charge in [-0.25, -0.2) is 4.39 Å². The monoisotopic (exact) mass is 211 g/mol. The molecule has 0 aliphatic heterocycles. The SMILES string of the molecule is COc1ccc(CCC(=O)CN)c(F)c1. The Bertz CT molecular complexity index is 352. The van der Waals surface area contributed by atoms with Gasteiger partial charge in [0.2, 0.25) is 0 Å². The van der Waals surface area contributed by atoms with Gasteiger partial charge < -0.3 is 10.5 Å². The van der Waals surface area contributed by atoms with E-state index in [1.54, 1.807) is 12.1 Å². The molecule has 0 radical (unpaired) electrons. The second-order valence-electron chi connectivity index (χ2n) is 3.20. The summed E-state index contributed by atoms with van der Waals surface area (Å²) in [6, 6.07) is 4.60. The van der Waals surface area contributed by atoms with Gasteiger partial charge in [0.05, 0.1) is 13.7 Å². The number of methoxy groups -OCH3 is 1. The Morgan fingerprint density at radius 2 is 2.27 bits per heavy atom. The molecule has 0 aromatic heterocycles. The molecule has 0 unspecified atom stereocenters. The van der Waals surface area contributed by atoms with E-state index in [9.17, 15) is 9.18 Å². The summed E-state index contributed by atoms with van der Waals surface area (Å²) in [6.07, 6.45) is 0.658. The molecule has 0 fully saturated rings. The van der Waals surface area contributed by atoms with Crippen LogP contribution >= 0.6 is 0 Å². The fourth-order valence-corrected chi connectivity index (χ4v) is 1.23. The van der Waals surface area contributed by atoms with Gasteiger partial charge in [0.15, 0.2) is 0 Å². The second kappa shape index (κ2) is 5.46. The molecule has 0 spiro atoms. The van der Waals surface area contributed by atoms with Crippen LogP contribution in [0.25, 0.3) is 0 Å². The van der Waals surface area contributed by atoms with Gasteiger partial charge in [-0.1, -0.05) is 6.07 Å². The van der Waals surface area contributed by atoms with E-state index in [0.29, 0.717) is 17.7 Å². The number of nitrogens with two attached hydrogens (primary N) is 1. The Morgan fingerprint density at radius 3 is 2.80 bits per heavy atom. The third kappa shape index (κ3) is 3.32. The summed E-state index contributed by atoms with van der Waals surface area (Å²) in [5.74, 6) is 0.0609. The molecule has 0 aliphatic rings. The number of aryl methyl sites for hydroxylation is 1. The van der Waals surface area contributed by atoms with E-state index >= 15 is 0 Å². The first-order valence-corrected chi connectivity index (χ1v) is 4.71. The maximum atomic E-state index is 13.4. The number of halogens is 1. The van der Waals surface area contributed by atoms with Crippen molar-refractivity contribution >= 4 is 5.78 Å². The molecular formula is C11H14FNO2. The summed E-state index contributed by atoms with van der Waals surface area (Å²) < 4.78 is 18.2. The number of ketones is 1. The van der Waals surface area contributed by atoms with Crippen LogP contribution < -0.4 is 10.5 Å². The zero-order valence-electron chi connectivity index (χ0n) is 8.63. The fraction of sp³-hybridized carbons (Fsp3) is 0.364. The number of hydrogen-bond acceptors (Lipinski definition) is 3. The van der Waals surface area contributed by atoms with Crippen molar-refractivity contribution in [3.8, 4) is 5.75 Å². The van der Waals surface area contributed by atoms with Crippen LogP contribution in [0.3, 0.4) is 0 Å². The maximum Gasteiger partial charge on any atom is 0.146 e. The molecule has 15 heavy (non-hydrogen) atoms. The molecule has 0 amide bonds. The minimum atomic E-state index is -0.348. The summed E-state index contributed by atoms with van der Waals surface area (Å²) >= 11 is 0. The standard InChI is InChI=1S/C11H14FNO2/c1-15-10-5-3-8(11(12)6-10)2-4-9(14)7-13/h3,5-6H,2,4,7,13H2,1H3. The molecule has 0 saturated heterocycles. The first-order valence-electron chi connectivity index (χ1n) is 4.71. The van der Waals surface area contributed by atoms with Crippen LogP contribution in [-0.4, -0.2) is 19.4 Å². The molecular weight excluding hydrogens is 197 g/mol. The van der Waals surface area contributed by atoms with Crippen molar-refractivity contribution in [2.75, 3.05) is 13.7 Å². The molecule has 0 aliphatic carbocycles. The Morgan fingerprint density at radius 1 is 1.53 bits per heavy atom. The Balaban J connectivity index is 2.66. The van der Waals surface area contributed by atoms with E-state index in [2.05, 4.69) is 0 Å². The zero-order valence-corrected chi connectivity index (χ0v) is 8.63. The normalized spacial score (nSPS) is 10.1. The number of carbonyl (C=O) groups is 1. The highest BCUT2D eigenvalue weighted by molar-refractivity contribution is 5.80. The van der Waals surface area contributed by atoms with Crippen LogP contribution in [0.5, 0.6) is 5.75 Å². The molecule has 1 aromatic rings. The summed E-state index contributed by atoms with van der Waals surface area (Å²) in [5, 5.41) is 0. The molecule has 0 bridgehead atoms. The van der Waals surface area contributed by atoms with Gasteiger partial charge in [-0.05, 0) is 18.1 Å². The van der Waals surface area contributed by atoms with Crippen molar-refractivity contribution in [3.05, 3.63) is 29.6 Å². The Kier molecular flexibility index (Phi) is 4.24. The molecule has 1 rings (SSSR count). The van der Waals surface area contributed by atoms with Crippen molar-refractivity contribution in [1.82, 2.24) is 0 Å². The lowest BCUT2D eigenvalue weighted by molar-refractivity contribution is -0.117. The van der Waals surface area contributed by atoms with E-state index in [-0.39, 0.29) is 24.6 Å². The van der Waals surface area contributed by atoms with Crippen LogP contribution in [0.15, 0.2) is 18.2 Å². The average Bonchev–Trinajstić information content (AvgIpc) is 2.26. The highest BCUT2D eigenvalue weighted by Gasteiger charge is 2.06. The first kappa shape index (κ1) is 11.7. The largest absolute Gasteiger partial charge is 0.497 e. The Hall–Kier alpha value is -1.42. The summed E-state index contributed by atoms with van der Waals surface area (Å²) in [6.45, 7) is 0.0117. The summed E-state index contributed by atoms with van der Waals surface area (Å²) in [5.41, 5.74) is 5.67. The van der Waals surface area contributed by atoms with Gasteiger partial charge in [0, 0.05) is 12.5 Å². The van der Waals surface area contributed by atoms with Crippen molar-refractivity contribution in [3.63, 3.8) is 0 Å². The van der Waals surface area contributed by atoms with Crippen LogP contribution in [0.1, 0.15) is 12.0 Å². The summed E-state index contributed by atoms with van der Waals surface area (Å²) in [7, 11) is 1.48. The first-order chi connectivity index (χ1) is 7.17. The number of benzene rings is 1. The molecule has 0 atom stereocenters. The van der Waals surface area contributed by atoms with E-state index in [4.69, 9.17) is 10.5 Å². The van der Waals surface area contributed by atoms with Gasteiger partial charge in [-0.15, -0.1) is 0 Å². The van der Waals surface area contributed by atoms with Crippen molar-refractivity contribution in [2.45, 2.75) is 12.8 Å². The van der Waals surface area contributed by atoms with E-state index in [1.807, 2.05) is 0 Å². The van der Waals surface area contributed by atoms with Crippen molar-refractivity contribution < 1.29 is 13.9 Å². The van der Waals surface area contributed by atoms with Crippen LogP contribution in [0.2, 0.25) is 0 Å². The predicted molar refractivity (Wildman–Crippen MR) is 55.3 cm³/mol. The third-order valence-corrected chi connectivity index (χ3v) is 2.16. The lowest BCUT2D eigenvalue weighted by atomic mass is 10.1. The average molecular weight is 211 g/mol. The van der Waals surface area contributed by atoms with E-state index in [1.165, 1.54) is 13.2 Å². The highest BCUT2D eigenvalue weighted by atomic mass is 19.1. The van der Waals surface area contributed by atoms with Gasteiger partial charge in [-0.3, -0.25) is 4.79 Å². The molecule has 4 heteroatoms.